The second-order valence-corrected chi connectivity index (χ2v) is 6.44. The van der Waals surface area contributed by atoms with Crippen LogP contribution in [0.15, 0.2) is 24.8 Å². The summed E-state index contributed by atoms with van der Waals surface area (Å²) in [5.41, 5.74) is 5.69. The molecule has 1 unspecified atom stereocenters. The van der Waals surface area contributed by atoms with Gasteiger partial charge in [0.1, 0.15) is 0 Å². The highest BCUT2D eigenvalue weighted by Gasteiger charge is 2.13. The Balaban J connectivity index is 2.51. The molecule has 0 aliphatic heterocycles. The zero-order valence-corrected chi connectivity index (χ0v) is 12.8. The van der Waals surface area contributed by atoms with Crippen molar-refractivity contribution in [1.29, 1.82) is 0 Å². The zero-order valence-electron chi connectivity index (χ0n) is 11.3. The van der Waals surface area contributed by atoms with Gasteiger partial charge in [0.25, 0.3) is 0 Å². The van der Waals surface area contributed by atoms with Crippen LogP contribution < -0.4 is 5.73 Å². The van der Waals surface area contributed by atoms with Crippen LogP contribution in [0.2, 0.25) is 4.34 Å². The third-order valence-electron chi connectivity index (χ3n) is 2.73. The molecule has 0 aromatic carbocycles. The number of rotatable bonds is 8. The number of nitrogens with zero attached hydrogens (tertiary/aromatic N) is 1. The van der Waals surface area contributed by atoms with Crippen LogP contribution in [0.1, 0.15) is 31.1 Å². The van der Waals surface area contributed by atoms with Crippen LogP contribution in [0, 0.1) is 0 Å². The quantitative estimate of drug-likeness (QED) is 0.748. The molecule has 1 aromatic heterocycles. The van der Waals surface area contributed by atoms with Crippen molar-refractivity contribution < 1.29 is 4.79 Å². The normalized spacial score (nSPS) is 12.2. The van der Waals surface area contributed by atoms with Gasteiger partial charge < -0.3 is 10.6 Å². The molecule has 1 heterocycles. The van der Waals surface area contributed by atoms with E-state index >= 15 is 0 Å². The fraction of sp³-hybridized carbons (Fsp3) is 0.500. The second-order valence-electron chi connectivity index (χ2n) is 4.64. The van der Waals surface area contributed by atoms with Crippen molar-refractivity contribution in [2.45, 2.75) is 38.8 Å². The third-order valence-corrected chi connectivity index (χ3v) is 3.94. The lowest BCUT2D eigenvalue weighted by Crippen LogP contribution is -2.30. The van der Waals surface area contributed by atoms with Gasteiger partial charge in [-0.1, -0.05) is 17.7 Å². The van der Waals surface area contributed by atoms with Gasteiger partial charge in [-0.2, -0.15) is 0 Å². The molecule has 0 saturated carbocycles. The minimum Gasteiger partial charge on any atom is -0.334 e. The molecule has 1 atom stereocenters. The monoisotopic (exact) mass is 300 g/mol. The van der Waals surface area contributed by atoms with Crippen molar-refractivity contribution in [2.75, 3.05) is 6.54 Å². The number of nitrogens with two attached hydrogens (primary N) is 1. The van der Waals surface area contributed by atoms with E-state index in [1.807, 2.05) is 19.1 Å². The topological polar surface area (TPSA) is 46.3 Å². The standard InChI is InChI=1S/C14H21ClN2OS/c1-3-9-17(10-12-7-8-13(15)19-12)14(18)6-4-5-11(2)16/h3,7-8,11H,1,4-6,9-10,16H2,2H3. The predicted molar refractivity (Wildman–Crippen MR) is 82.4 cm³/mol. The van der Waals surface area contributed by atoms with E-state index in [9.17, 15) is 4.79 Å². The average Bonchev–Trinajstić information content (AvgIpc) is 2.73. The molecule has 0 spiro atoms. The van der Waals surface area contributed by atoms with Crippen molar-refractivity contribution in [1.82, 2.24) is 4.90 Å². The summed E-state index contributed by atoms with van der Waals surface area (Å²) >= 11 is 7.41. The Morgan fingerprint density at radius 3 is 2.89 bits per heavy atom. The number of carbonyl (C=O) groups excluding carboxylic acids is 1. The first-order valence-corrected chi connectivity index (χ1v) is 7.61. The molecule has 0 aliphatic rings. The number of amides is 1. The Kier molecular flexibility index (Phi) is 7.13. The van der Waals surface area contributed by atoms with Gasteiger partial charge in [-0.25, -0.2) is 0 Å². The third kappa shape index (κ3) is 6.23. The first-order chi connectivity index (χ1) is 9.02. The average molecular weight is 301 g/mol. The summed E-state index contributed by atoms with van der Waals surface area (Å²) in [5.74, 6) is 0.144. The summed E-state index contributed by atoms with van der Waals surface area (Å²) in [6.07, 6.45) is 3.99. The largest absolute Gasteiger partial charge is 0.334 e. The van der Waals surface area contributed by atoms with Crippen molar-refractivity contribution in [3.05, 3.63) is 34.0 Å². The Morgan fingerprint density at radius 2 is 2.37 bits per heavy atom. The van der Waals surface area contributed by atoms with E-state index < -0.39 is 0 Å². The Labute approximate surface area is 124 Å². The van der Waals surface area contributed by atoms with Crippen LogP contribution in [0.25, 0.3) is 0 Å². The minimum absolute atomic E-state index is 0.144. The molecule has 2 N–H and O–H groups in total. The summed E-state index contributed by atoms with van der Waals surface area (Å²) in [6, 6.07) is 3.96. The Hall–Kier alpha value is -0.840. The van der Waals surface area contributed by atoms with Gasteiger partial charge in [0.2, 0.25) is 5.91 Å². The first kappa shape index (κ1) is 16.2. The SMILES string of the molecule is C=CCN(Cc1ccc(Cl)s1)C(=O)CCCC(C)N. The number of hydrogen-bond donors (Lipinski definition) is 1. The lowest BCUT2D eigenvalue weighted by Gasteiger charge is -2.20. The molecule has 19 heavy (non-hydrogen) atoms. The molecule has 1 amide bonds. The van der Waals surface area contributed by atoms with Gasteiger partial charge in [0.15, 0.2) is 0 Å². The van der Waals surface area contributed by atoms with Gasteiger partial charge in [-0.15, -0.1) is 17.9 Å². The van der Waals surface area contributed by atoms with Crippen molar-refractivity contribution in [3.63, 3.8) is 0 Å². The number of carbonyl (C=O) groups is 1. The molecule has 0 saturated heterocycles. The van der Waals surface area contributed by atoms with E-state index in [-0.39, 0.29) is 11.9 Å². The maximum absolute atomic E-state index is 12.1. The van der Waals surface area contributed by atoms with Gasteiger partial charge in [0.05, 0.1) is 10.9 Å². The Bertz CT molecular complexity index is 417. The van der Waals surface area contributed by atoms with Gasteiger partial charge >= 0.3 is 0 Å². The van der Waals surface area contributed by atoms with E-state index in [0.29, 0.717) is 19.5 Å². The van der Waals surface area contributed by atoms with E-state index in [4.69, 9.17) is 17.3 Å². The molecular formula is C14H21ClN2OS. The predicted octanol–water partition coefficient (Wildman–Crippen LogP) is 3.43. The van der Waals surface area contributed by atoms with E-state index in [1.54, 1.807) is 11.0 Å². The molecule has 1 rings (SSSR count). The highest BCUT2D eigenvalue weighted by molar-refractivity contribution is 7.16. The maximum atomic E-state index is 12.1. The minimum atomic E-state index is 0.144. The molecular weight excluding hydrogens is 280 g/mol. The van der Waals surface area contributed by atoms with Crippen molar-refractivity contribution in [3.8, 4) is 0 Å². The molecule has 0 radical (unpaired) electrons. The van der Waals surface area contributed by atoms with Crippen LogP contribution in [0.3, 0.4) is 0 Å². The molecule has 0 fully saturated rings. The van der Waals surface area contributed by atoms with E-state index in [0.717, 1.165) is 22.1 Å². The number of thiophene rings is 1. The van der Waals surface area contributed by atoms with Crippen LogP contribution in [-0.2, 0) is 11.3 Å². The van der Waals surface area contributed by atoms with Crippen LogP contribution in [0.5, 0.6) is 0 Å². The van der Waals surface area contributed by atoms with Crippen molar-refractivity contribution in [2.24, 2.45) is 5.73 Å². The maximum Gasteiger partial charge on any atom is 0.223 e. The summed E-state index contributed by atoms with van der Waals surface area (Å²) in [4.78, 5) is 15.0. The second kappa shape index (κ2) is 8.35. The summed E-state index contributed by atoms with van der Waals surface area (Å²) in [7, 11) is 0. The fourth-order valence-corrected chi connectivity index (χ4v) is 2.87. The smallest absolute Gasteiger partial charge is 0.223 e. The van der Waals surface area contributed by atoms with E-state index in [2.05, 4.69) is 6.58 Å². The van der Waals surface area contributed by atoms with Gasteiger partial charge in [0, 0.05) is 23.9 Å². The van der Waals surface area contributed by atoms with E-state index in [1.165, 1.54) is 11.3 Å². The summed E-state index contributed by atoms with van der Waals surface area (Å²) in [6.45, 7) is 6.82. The van der Waals surface area contributed by atoms with Crippen LogP contribution in [-0.4, -0.2) is 23.4 Å². The number of halogens is 1. The lowest BCUT2D eigenvalue weighted by molar-refractivity contribution is -0.131. The molecule has 5 heteroatoms. The van der Waals surface area contributed by atoms with Gasteiger partial charge in [-0.05, 0) is 31.9 Å². The molecule has 1 aromatic rings. The van der Waals surface area contributed by atoms with Gasteiger partial charge in [-0.3, -0.25) is 4.79 Å². The summed E-state index contributed by atoms with van der Waals surface area (Å²) < 4.78 is 0.748. The van der Waals surface area contributed by atoms with Crippen molar-refractivity contribution >= 4 is 28.8 Å². The number of hydrogen-bond acceptors (Lipinski definition) is 3. The molecule has 0 bridgehead atoms. The van der Waals surface area contributed by atoms with Crippen LogP contribution >= 0.6 is 22.9 Å². The fourth-order valence-electron chi connectivity index (χ4n) is 1.77. The molecule has 0 aliphatic carbocycles. The highest BCUT2D eigenvalue weighted by Crippen LogP contribution is 2.23. The summed E-state index contributed by atoms with van der Waals surface area (Å²) in [5, 5.41) is 0. The van der Waals surface area contributed by atoms with Crippen LogP contribution in [0.4, 0.5) is 0 Å². The Morgan fingerprint density at radius 1 is 1.63 bits per heavy atom. The lowest BCUT2D eigenvalue weighted by atomic mass is 10.1. The highest BCUT2D eigenvalue weighted by atomic mass is 35.5. The molecule has 3 nitrogen and oxygen atoms in total. The molecule has 106 valence electrons. The first-order valence-electron chi connectivity index (χ1n) is 6.41. The zero-order chi connectivity index (χ0) is 14.3.